The second kappa shape index (κ2) is 15.9. The molecule has 204 valence electrons. The van der Waals surface area contributed by atoms with Gasteiger partial charge in [-0.25, -0.2) is 0 Å². The van der Waals surface area contributed by atoms with Gasteiger partial charge in [-0.3, -0.25) is 33.8 Å². The largest absolute Gasteiger partial charge is 0.480 e. The quantitative estimate of drug-likeness (QED) is 0.192. The third-order valence-electron chi connectivity index (χ3n) is 5.64. The SMILES string of the molecule is O=C(O)CN1/C=C\N(CC(=O)O)CCN(CC(=O)N(CC(=O)O)C2CC2)CCN(CC(=O)O)CC1.[Gd]. The molecule has 0 unspecified atom stereocenters. The molecule has 1 aliphatic carbocycles. The van der Waals surface area contributed by atoms with E-state index in [1.807, 2.05) is 0 Å². The summed E-state index contributed by atoms with van der Waals surface area (Å²) in [6.45, 7) is 0.0343. The number of amides is 1. The first-order valence-corrected chi connectivity index (χ1v) is 11.3. The molecule has 0 bridgehead atoms. The van der Waals surface area contributed by atoms with Crippen molar-refractivity contribution in [3.8, 4) is 0 Å². The van der Waals surface area contributed by atoms with Gasteiger partial charge in [0.1, 0.15) is 19.6 Å². The molecule has 1 fully saturated rings. The van der Waals surface area contributed by atoms with E-state index in [2.05, 4.69) is 0 Å². The molecule has 36 heavy (non-hydrogen) atoms. The molecular formula is C21H33GdN5O9. The second-order valence-corrected chi connectivity index (χ2v) is 8.62. The molecule has 0 saturated heterocycles. The van der Waals surface area contributed by atoms with Crippen LogP contribution in [0.25, 0.3) is 0 Å². The van der Waals surface area contributed by atoms with Gasteiger partial charge in [-0.15, -0.1) is 0 Å². The Bertz CT molecular complexity index is 824. The van der Waals surface area contributed by atoms with Crippen LogP contribution < -0.4 is 0 Å². The molecule has 1 heterocycles. The van der Waals surface area contributed by atoms with Gasteiger partial charge in [-0.05, 0) is 12.8 Å². The smallest absolute Gasteiger partial charge is 0.323 e. The molecule has 0 aromatic heterocycles. The summed E-state index contributed by atoms with van der Waals surface area (Å²) in [6, 6.07) is -0.0961. The summed E-state index contributed by atoms with van der Waals surface area (Å²) < 4.78 is 0. The van der Waals surface area contributed by atoms with Crippen LogP contribution in [0.4, 0.5) is 0 Å². The molecule has 0 radical (unpaired) electrons. The van der Waals surface area contributed by atoms with Crippen molar-refractivity contribution in [1.82, 2.24) is 24.5 Å². The van der Waals surface area contributed by atoms with Crippen LogP contribution >= 0.6 is 0 Å². The van der Waals surface area contributed by atoms with E-state index in [1.165, 1.54) is 27.1 Å². The van der Waals surface area contributed by atoms with Crippen LogP contribution in [0.3, 0.4) is 0 Å². The van der Waals surface area contributed by atoms with Crippen molar-refractivity contribution in [1.29, 1.82) is 0 Å². The summed E-state index contributed by atoms with van der Waals surface area (Å²) >= 11 is 0. The Morgan fingerprint density at radius 3 is 1.44 bits per heavy atom. The Kier molecular flexibility index (Phi) is 14.1. The van der Waals surface area contributed by atoms with E-state index in [4.69, 9.17) is 10.2 Å². The molecule has 4 N–H and O–H groups in total. The molecule has 1 amide bonds. The van der Waals surface area contributed by atoms with Crippen molar-refractivity contribution >= 4 is 29.8 Å². The van der Waals surface area contributed by atoms with Crippen LogP contribution in [-0.2, 0) is 24.0 Å². The predicted molar refractivity (Wildman–Crippen MR) is 120 cm³/mol. The topological polar surface area (TPSA) is 182 Å². The Balaban J connectivity index is 0.00000648. The number of rotatable bonds is 11. The second-order valence-electron chi connectivity index (χ2n) is 8.62. The van der Waals surface area contributed by atoms with Crippen molar-refractivity contribution < 1.29 is 84.3 Å². The van der Waals surface area contributed by atoms with Crippen LogP contribution in [-0.4, -0.2) is 153 Å². The molecule has 2 aliphatic rings. The van der Waals surface area contributed by atoms with Gasteiger partial charge in [0, 0.05) is 97.7 Å². The number of carbonyl (C=O) groups excluding carboxylic acids is 1. The van der Waals surface area contributed by atoms with Gasteiger partial charge in [0.25, 0.3) is 0 Å². The molecule has 0 aromatic carbocycles. The number of hydrogen-bond donors (Lipinski definition) is 4. The predicted octanol–water partition coefficient (Wildman–Crippen LogP) is -1.99. The van der Waals surface area contributed by atoms with Crippen molar-refractivity contribution in [2.45, 2.75) is 18.9 Å². The minimum atomic E-state index is -1.10. The van der Waals surface area contributed by atoms with E-state index in [0.717, 1.165) is 12.8 Å². The molecule has 15 heteroatoms. The van der Waals surface area contributed by atoms with Crippen LogP contribution in [0.5, 0.6) is 0 Å². The number of carboxylic acids is 4. The fourth-order valence-corrected chi connectivity index (χ4v) is 3.74. The van der Waals surface area contributed by atoms with E-state index < -0.39 is 30.4 Å². The molecule has 0 spiro atoms. The Hall–Kier alpha value is -2.07. The van der Waals surface area contributed by atoms with Crippen molar-refractivity contribution in [2.75, 3.05) is 72.0 Å². The molecule has 1 saturated carbocycles. The third kappa shape index (κ3) is 12.8. The summed E-state index contributed by atoms with van der Waals surface area (Å²) in [5, 5.41) is 36.8. The van der Waals surface area contributed by atoms with E-state index >= 15 is 0 Å². The molecule has 0 aromatic rings. The van der Waals surface area contributed by atoms with Crippen molar-refractivity contribution in [3.63, 3.8) is 0 Å². The van der Waals surface area contributed by atoms with Crippen LogP contribution in [0, 0.1) is 39.9 Å². The van der Waals surface area contributed by atoms with Gasteiger partial charge < -0.3 is 35.1 Å². The number of hydrogen-bond acceptors (Lipinski definition) is 9. The summed E-state index contributed by atoms with van der Waals surface area (Å²) in [4.78, 5) is 65.6. The van der Waals surface area contributed by atoms with Gasteiger partial charge in [0.2, 0.25) is 5.91 Å². The standard InChI is InChI=1S/C21H33N5O9.Gd/c27-17(26(15-21(34)35)16-1-2-16)11-22-3-5-23(12-18(28)29)7-9-25(14-20(32)33)10-8-24(6-4-22)13-19(30)31;/h7,9,16H,1-6,8,10-15H2,(H,28,29)(H,30,31)(H,32,33)(H,34,35);/b9-7-;. The normalized spacial score (nSPS) is 18.8. The van der Waals surface area contributed by atoms with Gasteiger partial charge in [-0.1, -0.05) is 0 Å². The number of aliphatic carboxylic acids is 4. The summed E-state index contributed by atoms with van der Waals surface area (Å²) in [5.74, 6) is -4.66. The first-order chi connectivity index (χ1) is 16.5. The molecular weight excluding hydrogens is 624 g/mol. The van der Waals surface area contributed by atoms with Crippen LogP contribution in [0.15, 0.2) is 12.4 Å². The van der Waals surface area contributed by atoms with Crippen LogP contribution in [0.1, 0.15) is 12.8 Å². The van der Waals surface area contributed by atoms with Crippen molar-refractivity contribution in [2.24, 2.45) is 0 Å². The number of carboxylic acid groups (broad SMARTS) is 4. The van der Waals surface area contributed by atoms with Crippen LogP contribution in [0.2, 0.25) is 0 Å². The van der Waals surface area contributed by atoms with E-state index in [1.54, 1.807) is 9.80 Å². The maximum absolute atomic E-state index is 12.9. The Labute approximate surface area is 240 Å². The summed E-state index contributed by atoms with van der Waals surface area (Å²) in [7, 11) is 0. The van der Waals surface area contributed by atoms with Gasteiger partial charge in [0.05, 0.1) is 13.1 Å². The van der Waals surface area contributed by atoms with Crippen molar-refractivity contribution in [3.05, 3.63) is 12.4 Å². The fraction of sp³-hybridized carbons (Fsp3) is 0.667. The third-order valence-corrected chi connectivity index (χ3v) is 5.64. The van der Waals surface area contributed by atoms with E-state index in [-0.39, 0.29) is 117 Å². The first-order valence-electron chi connectivity index (χ1n) is 11.3. The zero-order chi connectivity index (χ0) is 26.0. The minimum absolute atomic E-state index is 0. The van der Waals surface area contributed by atoms with E-state index in [0.29, 0.717) is 0 Å². The summed E-state index contributed by atoms with van der Waals surface area (Å²) in [5.41, 5.74) is 0. The maximum Gasteiger partial charge on any atom is 0.323 e. The maximum atomic E-state index is 12.9. The average Bonchev–Trinajstić information content (AvgIpc) is 3.57. The number of carbonyl (C=O) groups is 5. The minimum Gasteiger partial charge on any atom is -0.480 e. The Morgan fingerprint density at radius 2 is 1.06 bits per heavy atom. The molecule has 2 rings (SSSR count). The average molecular weight is 657 g/mol. The monoisotopic (exact) mass is 657 g/mol. The summed E-state index contributed by atoms with van der Waals surface area (Å²) in [6.07, 6.45) is 4.43. The molecule has 1 aliphatic heterocycles. The van der Waals surface area contributed by atoms with Gasteiger partial charge in [0.15, 0.2) is 0 Å². The van der Waals surface area contributed by atoms with Gasteiger partial charge >= 0.3 is 23.9 Å². The molecule has 14 nitrogen and oxygen atoms in total. The number of nitrogens with zero attached hydrogens (tertiary/aromatic N) is 5. The zero-order valence-corrected chi connectivity index (χ0v) is 22.1. The fourth-order valence-electron chi connectivity index (χ4n) is 3.74. The molecule has 0 atom stereocenters. The Morgan fingerprint density at radius 1 is 0.639 bits per heavy atom. The zero-order valence-electron chi connectivity index (χ0n) is 19.8. The van der Waals surface area contributed by atoms with Gasteiger partial charge in [-0.2, -0.15) is 0 Å². The van der Waals surface area contributed by atoms with E-state index in [9.17, 15) is 34.2 Å². The first kappa shape index (κ1) is 32.0.